The highest BCUT2D eigenvalue weighted by atomic mass is 127. The lowest BCUT2D eigenvalue weighted by molar-refractivity contribution is 0.215. The van der Waals surface area contributed by atoms with E-state index >= 15 is 0 Å². The molecule has 0 atom stereocenters. The summed E-state index contributed by atoms with van der Waals surface area (Å²) in [6.07, 6.45) is 0. The maximum atomic E-state index is 12.9. The van der Waals surface area contributed by atoms with Crippen LogP contribution < -0.4 is 9.47 Å². The third kappa shape index (κ3) is 4.47. The van der Waals surface area contributed by atoms with Gasteiger partial charge in [-0.25, -0.2) is 4.39 Å². The lowest BCUT2D eigenvalue weighted by atomic mass is 10.2. The van der Waals surface area contributed by atoms with Crippen LogP contribution in [0, 0.1) is 19.9 Å². The fourth-order valence-electron chi connectivity index (χ4n) is 1.62. The number of benzene rings is 2. The Bertz CT molecular complexity index is 549. The van der Waals surface area contributed by atoms with E-state index in [1.807, 2.05) is 19.1 Å². The van der Waals surface area contributed by atoms with Crippen molar-refractivity contribution in [1.29, 1.82) is 0 Å². The summed E-state index contributed by atoms with van der Waals surface area (Å²) in [7, 11) is 0. The van der Waals surface area contributed by atoms with Gasteiger partial charge in [0.25, 0.3) is 0 Å². The summed E-state index contributed by atoms with van der Waals surface area (Å²) in [5.74, 6) is 1.27. The van der Waals surface area contributed by atoms with Gasteiger partial charge in [-0.15, -0.1) is 0 Å². The molecule has 0 heterocycles. The van der Waals surface area contributed by atoms with Gasteiger partial charge in [0.2, 0.25) is 0 Å². The van der Waals surface area contributed by atoms with Crippen LogP contribution in [0.3, 0.4) is 0 Å². The molecule has 2 nitrogen and oxygen atoms in total. The predicted octanol–water partition coefficient (Wildman–Crippen LogP) is 4.80. The van der Waals surface area contributed by atoms with E-state index in [0.29, 0.717) is 19.0 Å². The minimum Gasteiger partial charge on any atom is -0.489 e. The van der Waals surface area contributed by atoms with Gasteiger partial charge in [-0.2, -0.15) is 0 Å². The van der Waals surface area contributed by atoms with Crippen molar-refractivity contribution in [1.82, 2.24) is 0 Å². The van der Waals surface area contributed by atoms with Crippen LogP contribution in [0.15, 0.2) is 36.4 Å². The highest BCUT2D eigenvalue weighted by Crippen LogP contribution is 2.23. The Morgan fingerprint density at radius 3 is 2.00 bits per heavy atom. The highest BCUT2D eigenvalue weighted by molar-refractivity contribution is 14.1. The molecule has 0 aliphatic rings. The molecule has 0 aliphatic heterocycles. The molecule has 106 valence electrons. The zero-order chi connectivity index (χ0) is 14.5. The van der Waals surface area contributed by atoms with Gasteiger partial charge in [-0.3, -0.25) is 0 Å². The van der Waals surface area contributed by atoms with E-state index in [2.05, 4.69) is 51.2 Å². The summed E-state index contributed by atoms with van der Waals surface area (Å²) in [4.78, 5) is 0. The normalized spacial score (nSPS) is 10.4. The van der Waals surface area contributed by atoms with Gasteiger partial charge in [-0.05, 0) is 88.0 Å². The quantitative estimate of drug-likeness (QED) is 0.436. The van der Waals surface area contributed by atoms with Crippen molar-refractivity contribution >= 4 is 45.2 Å². The zero-order valence-electron chi connectivity index (χ0n) is 10.8. The van der Waals surface area contributed by atoms with Crippen molar-refractivity contribution in [2.24, 2.45) is 0 Å². The molecular formula is C15H13FI2O2. The number of hydrogen-bond donors (Lipinski definition) is 0. The molecular weight excluding hydrogens is 485 g/mol. The maximum Gasteiger partial charge on any atom is 0.133 e. The molecule has 0 spiro atoms. The van der Waals surface area contributed by atoms with E-state index in [9.17, 15) is 4.39 Å². The summed E-state index contributed by atoms with van der Waals surface area (Å²) in [5.41, 5.74) is 1.21. The lowest BCUT2D eigenvalue weighted by Gasteiger charge is -2.11. The minimum atomic E-state index is -0.257. The van der Waals surface area contributed by atoms with Crippen LogP contribution in [0.1, 0.15) is 5.56 Å². The summed E-state index contributed by atoms with van der Waals surface area (Å²) in [6, 6.07) is 10.5. The molecule has 0 bridgehead atoms. The van der Waals surface area contributed by atoms with Crippen molar-refractivity contribution in [3.63, 3.8) is 0 Å². The van der Waals surface area contributed by atoms with Crippen molar-refractivity contribution in [2.75, 3.05) is 13.2 Å². The van der Waals surface area contributed by atoms with E-state index < -0.39 is 0 Å². The monoisotopic (exact) mass is 498 g/mol. The van der Waals surface area contributed by atoms with Crippen LogP contribution in [-0.2, 0) is 0 Å². The second-order valence-corrected chi connectivity index (χ2v) is 6.53. The minimum absolute atomic E-state index is 0.257. The summed E-state index contributed by atoms with van der Waals surface area (Å²) >= 11 is 4.30. The topological polar surface area (TPSA) is 18.5 Å². The zero-order valence-corrected chi connectivity index (χ0v) is 15.1. The molecule has 0 saturated heterocycles. The largest absolute Gasteiger partial charge is 0.489 e. The van der Waals surface area contributed by atoms with E-state index in [1.165, 1.54) is 17.7 Å². The molecule has 0 amide bonds. The molecule has 0 radical (unpaired) electrons. The Kier molecular flexibility index (Phi) is 5.88. The molecule has 0 unspecified atom stereocenters. The molecule has 0 fully saturated rings. The third-order valence-corrected chi connectivity index (χ3v) is 4.27. The fourth-order valence-corrected chi connectivity index (χ4v) is 3.08. The van der Waals surface area contributed by atoms with E-state index in [1.54, 1.807) is 6.07 Å². The Morgan fingerprint density at radius 2 is 1.45 bits per heavy atom. The van der Waals surface area contributed by atoms with E-state index in [-0.39, 0.29) is 5.82 Å². The van der Waals surface area contributed by atoms with Gasteiger partial charge in [0.05, 0.1) is 7.14 Å². The first-order valence-corrected chi connectivity index (χ1v) is 8.19. The molecule has 0 aromatic heterocycles. The Balaban J connectivity index is 1.84. The van der Waals surface area contributed by atoms with E-state index in [0.717, 1.165) is 12.9 Å². The van der Waals surface area contributed by atoms with Crippen molar-refractivity contribution in [3.05, 3.63) is 54.9 Å². The van der Waals surface area contributed by atoms with Gasteiger partial charge >= 0.3 is 0 Å². The first kappa shape index (κ1) is 15.8. The average Bonchev–Trinajstić information content (AvgIpc) is 2.39. The standard InChI is InChI=1S/C15H13FI2O2/c1-10-2-4-14(12(17)8-10)19-6-7-20-15-5-3-11(16)9-13(15)18/h2-5,8-9H,6-7H2,1H3. The number of ether oxygens (including phenoxy) is 2. The van der Waals surface area contributed by atoms with Gasteiger partial charge in [0, 0.05) is 0 Å². The molecule has 0 saturated carbocycles. The van der Waals surface area contributed by atoms with Gasteiger partial charge in [0.1, 0.15) is 30.5 Å². The Labute approximate surface area is 144 Å². The van der Waals surface area contributed by atoms with Crippen molar-refractivity contribution in [3.8, 4) is 11.5 Å². The molecule has 0 N–H and O–H groups in total. The van der Waals surface area contributed by atoms with E-state index in [4.69, 9.17) is 9.47 Å². The highest BCUT2D eigenvalue weighted by Gasteiger charge is 2.04. The van der Waals surface area contributed by atoms with Crippen LogP contribution in [0.25, 0.3) is 0 Å². The lowest BCUT2D eigenvalue weighted by Crippen LogP contribution is -2.10. The average molecular weight is 498 g/mol. The van der Waals surface area contributed by atoms with Crippen molar-refractivity contribution in [2.45, 2.75) is 6.92 Å². The van der Waals surface area contributed by atoms with Crippen LogP contribution in [0.4, 0.5) is 4.39 Å². The van der Waals surface area contributed by atoms with Gasteiger partial charge in [-0.1, -0.05) is 6.07 Å². The summed E-state index contributed by atoms with van der Waals surface area (Å²) in [6.45, 7) is 2.92. The van der Waals surface area contributed by atoms with Crippen LogP contribution >= 0.6 is 45.2 Å². The number of hydrogen-bond acceptors (Lipinski definition) is 2. The molecule has 2 rings (SSSR count). The second kappa shape index (κ2) is 7.44. The molecule has 2 aromatic rings. The SMILES string of the molecule is Cc1ccc(OCCOc2ccc(F)cc2I)c(I)c1. The number of aryl methyl sites for hydroxylation is 1. The van der Waals surface area contributed by atoms with Gasteiger partial charge in [0.15, 0.2) is 0 Å². The van der Waals surface area contributed by atoms with Gasteiger partial charge < -0.3 is 9.47 Å². The Hall–Kier alpha value is -0.570. The maximum absolute atomic E-state index is 12.9. The molecule has 20 heavy (non-hydrogen) atoms. The van der Waals surface area contributed by atoms with Crippen molar-refractivity contribution < 1.29 is 13.9 Å². The Morgan fingerprint density at radius 1 is 0.900 bits per heavy atom. The summed E-state index contributed by atoms with van der Waals surface area (Å²) in [5, 5.41) is 0. The smallest absolute Gasteiger partial charge is 0.133 e. The van der Waals surface area contributed by atoms with Crippen LogP contribution in [0.5, 0.6) is 11.5 Å². The second-order valence-electron chi connectivity index (χ2n) is 4.21. The van der Waals surface area contributed by atoms with Crippen LogP contribution in [-0.4, -0.2) is 13.2 Å². The molecule has 0 aliphatic carbocycles. The number of halogens is 3. The first-order valence-electron chi connectivity index (χ1n) is 6.03. The first-order chi connectivity index (χ1) is 9.56. The third-order valence-electron chi connectivity index (χ3n) is 2.58. The molecule has 2 aromatic carbocycles. The summed E-state index contributed by atoms with van der Waals surface area (Å²) < 4.78 is 26.0. The fraction of sp³-hybridized carbons (Fsp3) is 0.200. The molecule has 5 heteroatoms. The number of rotatable bonds is 5. The predicted molar refractivity (Wildman–Crippen MR) is 94.0 cm³/mol. The van der Waals surface area contributed by atoms with Crippen LogP contribution in [0.2, 0.25) is 0 Å².